The minimum Gasteiger partial charge on any atom is -0.497 e. The molecule has 0 bridgehead atoms. The molecule has 0 radical (unpaired) electrons. The van der Waals surface area contributed by atoms with Crippen LogP contribution in [0, 0.1) is 0 Å². The normalized spacial score (nSPS) is 11.8. The first kappa shape index (κ1) is 19.0. The van der Waals surface area contributed by atoms with Crippen molar-refractivity contribution in [2.45, 2.75) is 24.5 Å². The van der Waals surface area contributed by atoms with Gasteiger partial charge in [0.25, 0.3) is 0 Å². The van der Waals surface area contributed by atoms with Crippen molar-refractivity contribution >= 4 is 17.7 Å². The van der Waals surface area contributed by atoms with Gasteiger partial charge in [-0.1, -0.05) is 47.6 Å². The molecule has 1 N–H and O–H groups in total. The van der Waals surface area contributed by atoms with Gasteiger partial charge in [-0.25, -0.2) is 0 Å². The van der Waals surface area contributed by atoms with Crippen LogP contribution in [0.2, 0.25) is 0 Å². The highest BCUT2D eigenvalue weighted by molar-refractivity contribution is 7.99. The topological polar surface area (TPSA) is 77.3 Å². The van der Waals surface area contributed by atoms with Crippen LogP contribution in [0.1, 0.15) is 18.4 Å². The maximum Gasteiger partial charge on any atom is 0.246 e. The summed E-state index contributed by atoms with van der Waals surface area (Å²) < 4.78 is 10.4. The molecule has 1 aromatic heterocycles. The van der Waals surface area contributed by atoms with Gasteiger partial charge in [-0.15, -0.1) is 11.8 Å². The molecule has 1 amide bonds. The number of carbonyl (C=O) groups excluding carboxylic acids is 1. The summed E-state index contributed by atoms with van der Waals surface area (Å²) in [5.74, 6) is 2.27. The third-order valence-corrected chi connectivity index (χ3v) is 5.14. The second-order valence-electron chi connectivity index (χ2n) is 5.90. The summed E-state index contributed by atoms with van der Waals surface area (Å²) in [4.78, 5) is 16.6. The summed E-state index contributed by atoms with van der Waals surface area (Å²) in [5, 5.41) is 6.63. The second kappa shape index (κ2) is 9.23. The first-order valence-corrected chi connectivity index (χ1v) is 9.61. The van der Waals surface area contributed by atoms with Crippen molar-refractivity contribution < 1.29 is 14.1 Å². The van der Waals surface area contributed by atoms with Crippen molar-refractivity contribution in [3.8, 4) is 17.1 Å². The minimum absolute atomic E-state index is 0.0583. The number of nitrogens with one attached hydrogen (secondary N) is 1. The third-order valence-electron chi connectivity index (χ3n) is 3.92. The molecule has 7 heteroatoms. The van der Waals surface area contributed by atoms with E-state index in [4.69, 9.17) is 9.26 Å². The molecule has 0 spiro atoms. The van der Waals surface area contributed by atoms with Gasteiger partial charge in [0.1, 0.15) is 5.75 Å². The van der Waals surface area contributed by atoms with Gasteiger partial charge in [0.15, 0.2) is 0 Å². The maximum absolute atomic E-state index is 12.3. The summed E-state index contributed by atoms with van der Waals surface area (Å²) in [6, 6.07) is 17.5. The number of aromatic nitrogens is 2. The molecule has 1 atom stereocenters. The largest absolute Gasteiger partial charge is 0.497 e. The Labute approximate surface area is 162 Å². The smallest absolute Gasteiger partial charge is 0.246 e. The van der Waals surface area contributed by atoms with Crippen molar-refractivity contribution in [2.75, 3.05) is 7.11 Å². The summed E-state index contributed by atoms with van der Waals surface area (Å²) in [6.07, 6.45) is 0. The molecule has 2 aromatic carbocycles. The summed E-state index contributed by atoms with van der Waals surface area (Å²) in [6.45, 7) is 2.09. The lowest BCUT2D eigenvalue weighted by molar-refractivity contribution is -0.120. The average Bonchev–Trinajstić information content (AvgIpc) is 3.20. The molecule has 0 saturated heterocycles. The molecule has 3 rings (SSSR count). The standard InChI is InChI=1S/C20H21N3O3S/c1-14(27-13-15-7-4-3-5-8-15)20(24)21-12-18-22-19(23-26-18)16-9-6-10-17(11-16)25-2/h3-11,14H,12-13H2,1-2H3,(H,21,24)/t14-/m1/s1. The molecule has 27 heavy (non-hydrogen) atoms. The van der Waals surface area contributed by atoms with Gasteiger partial charge >= 0.3 is 0 Å². The highest BCUT2D eigenvalue weighted by Crippen LogP contribution is 2.21. The van der Waals surface area contributed by atoms with Crippen LogP contribution in [-0.2, 0) is 17.1 Å². The van der Waals surface area contributed by atoms with Crippen LogP contribution in [0.4, 0.5) is 0 Å². The maximum atomic E-state index is 12.3. The highest BCUT2D eigenvalue weighted by Gasteiger charge is 2.15. The van der Waals surface area contributed by atoms with Crippen LogP contribution in [0.5, 0.6) is 5.75 Å². The molecule has 0 fully saturated rings. The van der Waals surface area contributed by atoms with Crippen molar-refractivity contribution in [1.29, 1.82) is 0 Å². The van der Waals surface area contributed by atoms with Crippen LogP contribution in [0.15, 0.2) is 59.1 Å². The van der Waals surface area contributed by atoms with E-state index in [1.807, 2.05) is 49.4 Å². The lowest BCUT2D eigenvalue weighted by atomic mass is 10.2. The predicted molar refractivity (Wildman–Crippen MR) is 105 cm³/mol. The predicted octanol–water partition coefficient (Wildman–Crippen LogP) is 3.68. The fourth-order valence-corrected chi connectivity index (χ4v) is 3.25. The molecule has 0 saturated carbocycles. The number of methoxy groups -OCH3 is 1. The van der Waals surface area contributed by atoms with E-state index in [0.717, 1.165) is 17.1 Å². The number of hydrogen-bond donors (Lipinski definition) is 1. The Balaban J connectivity index is 1.51. The third kappa shape index (κ3) is 5.34. The molecular weight excluding hydrogens is 362 g/mol. The fraction of sp³-hybridized carbons (Fsp3) is 0.250. The molecule has 0 unspecified atom stereocenters. The zero-order chi connectivity index (χ0) is 19.1. The fourth-order valence-electron chi connectivity index (χ4n) is 2.38. The molecular formula is C20H21N3O3S. The number of amides is 1. The zero-order valence-electron chi connectivity index (χ0n) is 15.2. The number of hydrogen-bond acceptors (Lipinski definition) is 6. The van der Waals surface area contributed by atoms with E-state index in [2.05, 4.69) is 27.6 Å². The quantitative estimate of drug-likeness (QED) is 0.639. The first-order chi connectivity index (χ1) is 13.2. The van der Waals surface area contributed by atoms with E-state index in [0.29, 0.717) is 11.7 Å². The van der Waals surface area contributed by atoms with Crippen LogP contribution in [-0.4, -0.2) is 28.4 Å². The highest BCUT2D eigenvalue weighted by atomic mass is 32.2. The van der Waals surface area contributed by atoms with E-state index < -0.39 is 0 Å². The number of thioether (sulfide) groups is 1. The zero-order valence-corrected chi connectivity index (χ0v) is 16.0. The Morgan fingerprint density at radius 1 is 1.22 bits per heavy atom. The van der Waals surface area contributed by atoms with Crippen LogP contribution < -0.4 is 10.1 Å². The molecule has 6 nitrogen and oxygen atoms in total. The lowest BCUT2D eigenvalue weighted by Gasteiger charge is -2.10. The molecule has 0 aliphatic rings. The van der Waals surface area contributed by atoms with Crippen LogP contribution in [0.3, 0.4) is 0 Å². The number of rotatable bonds is 8. The number of ether oxygens (including phenoxy) is 1. The van der Waals surface area contributed by atoms with Gasteiger partial charge in [-0.3, -0.25) is 4.79 Å². The SMILES string of the molecule is COc1cccc(-c2noc(CNC(=O)[C@@H](C)SCc3ccccc3)n2)c1. The van der Waals surface area contributed by atoms with Crippen molar-refractivity contribution in [1.82, 2.24) is 15.5 Å². The number of carbonyl (C=O) groups is 1. The summed E-state index contributed by atoms with van der Waals surface area (Å²) in [7, 11) is 1.60. The molecule has 140 valence electrons. The summed E-state index contributed by atoms with van der Waals surface area (Å²) >= 11 is 1.59. The van der Waals surface area contributed by atoms with Gasteiger partial charge in [0, 0.05) is 11.3 Å². The average molecular weight is 383 g/mol. The number of benzene rings is 2. The van der Waals surface area contributed by atoms with Crippen molar-refractivity contribution in [2.24, 2.45) is 0 Å². The van der Waals surface area contributed by atoms with Gasteiger partial charge in [0.05, 0.1) is 18.9 Å². The van der Waals surface area contributed by atoms with E-state index in [9.17, 15) is 4.79 Å². The Morgan fingerprint density at radius 3 is 2.81 bits per heavy atom. The lowest BCUT2D eigenvalue weighted by Crippen LogP contribution is -2.30. The van der Waals surface area contributed by atoms with E-state index in [-0.39, 0.29) is 17.7 Å². The van der Waals surface area contributed by atoms with Crippen molar-refractivity contribution in [3.05, 3.63) is 66.1 Å². The minimum atomic E-state index is -0.175. The Morgan fingerprint density at radius 2 is 2.04 bits per heavy atom. The van der Waals surface area contributed by atoms with Crippen LogP contribution >= 0.6 is 11.8 Å². The van der Waals surface area contributed by atoms with Crippen LogP contribution in [0.25, 0.3) is 11.4 Å². The van der Waals surface area contributed by atoms with Gasteiger partial charge < -0.3 is 14.6 Å². The molecule has 1 heterocycles. The van der Waals surface area contributed by atoms with E-state index >= 15 is 0 Å². The van der Waals surface area contributed by atoms with Gasteiger partial charge in [0.2, 0.25) is 17.6 Å². The molecule has 3 aromatic rings. The Hall–Kier alpha value is -2.80. The number of nitrogens with zero attached hydrogens (tertiary/aromatic N) is 2. The van der Waals surface area contributed by atoms with Crippen molar-refractivity contribution in [3.63, 3.8) is 0 Å². The van der Waals surface area contributed by atoms with E-state index in [1.54, 1.807) is 18.9 Å². The van der Waals surface area contributed by atoms with Gasteiger partial charge in [-0.2, -0.15) is 4.98 Å². The molecule has 0 aliphatic carbocycles. The summed E-state index contributed by atoms with van der Waals surface area (Å²) in [5.41, 5.74) is 1.99. The van der Waals surface area contributed by atoms with E-state index in [1.165, 1.54) is 5.56 Å². The van der Waals surface area contributed by atoms with Gasteiger partial charge in [-0.05, 0) is 24.6 Å². The monoisotopic (exact) mass is 383 g/mol. The Bertz CT molecular complexity index is 883. The Kier molecular flexibility index (Phi) is 6.49. The second-order valence-corrected chi connectivity index (χ2v) is 7.23. The molecule has 0 aliphatic heterocycles. The first-order valence-electron chi connectivity index (χ1n) is 8.56.